The second-order valence-electron chi connectivity index (χ2n) is 4.75. The van der Waals surface area contributed by atoms with Gasteiger partial charge < -0.3 is 20.3 Å². The normalized spacial score (nSPS) is 15.2. The average molecular weight is 299 g/mol. The molecule has 21 heavy (non-hydrogen) atoms. The van der Waals surface area contributed by atoms with Gasteiger partial charge in [-0.05, 0) is 13.0 Å². The SMILES string of the molecule is CCOC(=O)N1CCN(c2ccc(CN)c(F)c2F)CC1. The Bertz CT molecular complexity index is 517. The number of carbonyl (C=O) groups excluding carboxylic acids is 1. The highest BCUT2D eigenvalue weighted by molar-refractivity contribution is 5.68. The minimum absolute atomic E-state index is 0.0420. The average Bonchev–Trinajstić information content (AvgIpc) is 2.50. The minimum Gasteiger partial charge on any atom is -0.450 e. The maximum absolute atomic E-state index is 14.0. The molecule has 2 N–H and O–H groups in total. The maximum Gasteiger partial charge on any atom is 0.409 e. The van der Waals surface area contributed by atoms with Gasteiger partial charge in [0, 0.05) is 38.3 Å². The summed E-state index contributed by atoms with van der Waals surface area (Å²) in [7, 11) is 0. The van der Waals surface area contributed by atoms with Gasteiger partial charge in [-0.25, -0.2) is 13.6 Å². The van der Waals surface area contributed by atoms with E-state index in [4.69, 9.17) is 10.5 Å². The molecule has 5 nitrogen and oxygen atoms in total. The van der Waals surface area contributed by atoms with E-state index in [-0.39, 0.29) is 23.9 Å². The number of ether oxygens (including phenoxy) is 1. The van der Waals surface area contributed by atoms with Gasteiger partial charge in [-0.3, -0.25) is 0 Å². The van der Waals surface area contributed by atoms with Crippen molar-refractivity contribution in [2.45, 2.75) is 13.5 Å². The zero-order valence-corrected chi connectivity index (χ0v) is 11.9. The summed E-state index contributed by atoms with van der Waals surface area (Å²) in [6, 6.07) is 3.02. The molecule has 0 radical (unpaired) electrons. The molecule has 1 amide bonds. The first-order chi connectivity index (χ1) is 10.1. The van der Waals surface area contributed by atoms with Gasteiger partial charge in [0.05, 0.1) is 12.3 Å². The van der Waals surface area contributed by atoms with Gasteiger partial charge in [0.1, 0.15) is 0 Å². The van der Waals surface area contributed by atoms with Crippen LogP contribution in [-0.4, -0.2) is 43.8 Å². The molecule has 1 saturated heterocycles. The van der Waals surface area contributed by atoms with E-state index >= 15 is 0 Å². The maximum atomic E-state index is 14.0. The highest BCUT2D eigenvalue weighted by Crippen LogP contribution is 2.25. The van der Waals surface area contributed by atoms with Crippen molar-refractivity contribution in [1.29, 1.82) is 0 Å². The van der Waals surface area contributed by atoms with E-state index in [1.807, 2.05) is 0 Å². The number of carbonyl (C=O) groups is 1. The van der Waals surface area contributed by atoms with Gasteiger partial charge in [-0.15, -0.1) is 0 Å². The first-order valence-corrected chi connectivity index (χ1v) is 6.92. The molecule has 116 valence electrons. The highest BCUT2D eigenvalue weighted by Gasteiger charge is 2.25. The molecular weight excluding hydrogens is 280 g/mol. The molecule has 1 aromatic carbocycles. The van der Waals surface area contributed by atoms with Crippen LogP contribution in [0, 0.1) is 11.6 Å². The molecule has 0 unspecified atom stereocenters. The van der Waals surface area contributed by atoms with Crippen LogP contribution in [0.1, 0.15) is 12.5 Å². The number of halogens is 2. The number of nitrogens with zero attached hydrogens (tertiary/aromatic N) is 2. The molecule has 0 bridgehead atoms. The Morgan fingerprint density at radius 2 is 1.90 bits per heavy atom. The second kappa shape index (κ2) is 6.71. The van der Waals surface area contributed by atoms with Gasteiger partial charge in [0.15, 0.2) is 11.6 Å². The van der Waals surface area contributed by atoms with E-state index in [9.17, 15) is 13.6 Å². The standard InChI is InChI=1S/C14H19F2N3O2/c1-2-21-14(20)19-7-5-18(6-8-19)11-4-3-10(9-17)12(15)13(11)16/h3-4H,2,5-9,17H2,1H3. The number of hydrogen-bond acceptors (Lipinski definition) is 4. The summed E-state index contributed by atoms with van der Waals surface area (Å²) in [5, 5.41) is 0. The van der Waals surface area contributed by atoms with Crippen LogP contribution >= 0.6 is 0 Å². The summed E-state index contributed by atoms with van der Waals surface area (Å²) in [5.41, 5.74) is 5.71. The second-order valence-corrected chi connectivity index (χ2v) is 4.75. The third-order valence-corrected chi connectivity index (χ3v) is 3.51. The minimum atomic E-state index is -0.900. The van der Waals surface area contributed by atoms with E-state index in [0.717, 1.165) is 0 Å². The van der Waals surface area contributed by atoms with E-state index in [1.165, 1.54) is 12.1 Å². The van der Waals surface area contributed by atoms with Crippen molar-refractivity contribution in [3.63, 3.8) is 0 Å². The van der Waals surface area contributed by atoms with Crippen LogP contribution in [0.25, 0.3) is 0 Å². The van der Waals surface area contributed by atoms with Crippen molar-refractivity contribution in [3.8, 4) is 0 Å². The largest absolute Gasteiger partial charge is 0.450 e. The number of piperazine rings is 1. The fourth-order valence-electron chi connectivity index (χ4n) is 2.33. The third-order valence-electron chi connectivity index (χ3n) is 3.51. The van der Waals surface area contributed by atoms with E-state index in [0.29, 0.717) is 32.8 Å². The van der Waals surface area contributed by atoms with Crippen LogP contribution in [0.15, 0.2) is 12.1 Å². The zero-order chi connectivity index (χ0) is 15.4. The topological polar surface area (TPSA) is 58.8 Å². The highest BCUT2D eigenvalue weighted by atomic mass is 19.2. The monoisotopic (exact) mass is 299 g/mol. The van der Waals surface area contributed by atoms with Crippen LogP contribution in [0.3, 0.4) is 0 Å². The first-order valence-electron chi connectivity index (χ1n) is 6.92. The summed E-state index contributed by atoms with van der Waals surface area (Å²) < 4.78 is 32.7. The van der Waals surface area contributed by atoms with Gasteiger partial charge in [-0.2, -0.15) is 0 Å². The van der Waals surface area contributed by atoms with Crippen LogP contribution in [0.5, 0.6) is 0 Å². The fraction of sp³-hybridized carbons (Fsp3) is 0.500. The van der Waals surface area contributed by atoms with Crippen molar-refractivity contribution in [1.82, 2.24) is 4.90 Å². The lowest BCUT2D eigenvalue weighted by molar-refractivity contribution is 0.105. The van der Waals surface area contributed by atoms with Crippen molar-refractivity contribution in [2.24, 2.45) is 5.73 Å². The van der Waals surface area contributed by atoms with Crippen molar-refractivity contribution in [3.05, 3.63) is 29.3 Å². The first kappa shape index (κ1) is 15.5. The quantitative estimate of drug-likeness (QED) is 0.923. The zero-order valence-electron chi connectivity index (χ0n) is 11.9. The summed E-state index contributed by atoms with van der Waals surface area (Å²) >= 11 is 0. The summed E-state index contributed by atoms with van der Waals surface area (Å²) in [4.78, 5) is 14.9. The number of benzene rings is 1. The van der Waals surface area contributed by atoms with E-state index in [2.05, 4.69) is 0 Å². The van der Waals surface area contributed by atoms with Gasteiger partial charge in [0.2, 0.25) is 0 Å². The molecule has 7 heteroatoms. The van der Waals surface area contributed by atoms with Crippen LogP contribution in [-0.2, 0) is 11.3 Å². The molecule has 1 heterocycles. The van der Waals surface area contributed by atoms with Gasteiger partial charge in [0.25, 0.3) is 0 Å². The Kier molecular flexibility index (Phi) is 4.95. The van der Waals surface area contributed by atoms with E-state index in [1.54, 1.807) is 16.7 Å². The van der Waals surface area contributed by atoms with Crippen LogP contribution in [0.4, 0.5) is 19.3 Å². The molecule has 1 fully saturated rings. The number of anilines is 1. The molecule has 0 aliphatic carbocycles. The molecule has 0 spiro atoms. The lowest BCUT2D eigenvalue weighted by Crippen LogP contribution is -2.49. The summed E-state index contributed by atoms with van der Waals surface area (Å²) in [5.74, 6) is -1.79. The molecule has 1 aliphatic heterocycles. The van der Waals surface area contributed by atoms with Crippen molar-refractivity contribution < 1.29 is 18.3 Å². The number of nitrogens with two attached hydrogens (primary N) is 1. The Hall–Kier alpha value is -1.89. The van der Waals surface area contributed by atoms with E-state index < -0.39 is 11.6 Å². The molecule has 1 aromatic rings. The summed E-state index contributed by atoms with van der Waals surface area (Å²) in [6.45, 7) is 3.70. The smallest absolute Gasteiger partial charge is 0.409 e. The molecule has 1 aliphatic rings. The molecule has 0 atom stereocenters. The predicted octanol–water partition coefficient (Wildman–Crippen LogP) is 1.70. The summed E-state index contributed by atoms with van der Waals surface area (Å²) in [6.07, 6.45) is -0.373. The fourth-order valence-corrected chi connectivity index (χ4v) is 2.33. The van der Waals surface area contributed by atoms with Crippen LogP contribution < -0.4 is 10.6 Å². The Labute approximate surface area is 122 Å². The number of amides is 1. The van der Waals surface area contributed by atoms with Crippen molar-refractivity contribution >= 4 is 11.8 Å². The molecule has 0 saturated carbocycles. The lowest BCUT2D eigenvalue weighted by Gasteiger charge is -2.35. The Morgan fingerprint density at radius 3 is 2.48 bits per heavy atom. The van der Waals surface area contributed by atoms with Gasteiger partial charge >= 0.3 is 6.09 Å². The number of rotatable bonds is 3. The van der Waals surface area contributed by atoms with Crippen molar-refractivity contribution in [2.75, 3.05) is 37.7 Å². The molecule has 0 aromatic heterocycles. The van der Waals surface area contributed by atoms with Crippen LogP contribution in [0.2, 0.25) is 0 Å². The molecular formula is C14H19F2N3O2. The Balaban J connectivity index is 2.06. The molecule has 2 rings (SSSR count). The number of hydrogen-bond donors (Lipinski definition) is 1. The third kappa shape index (κ3) is 3.24. The van der Waals surface area contributed by atoms with Gasteiger partial charge in [-0.1, -0.05) is 6.07 Å². The predicted molar refractivity (Wildman–Crippen MR) is 75.1 cm³/mol. The Morgan fingerprint density at radius 1 is 1.24 bits per heavy atom. The lowest BCUT2D eigenvalue weighted by atomic mass is 10.1.